The van der Waals surface area contributed by atoms with Crippen molar-refractivity contribution >= 4 is 24.0 Å². The van der Waals surface area contributed by atoms with Gasteiger partial charge in [-0.2, -0.15) is 5.10 Å². The number of carbonyl (C=O) groups excluding carboxylic acids is 1. The first-order valence-corrected chi connectivity index (χ1v) is 5.96. The normalized spacial score (nSPS) is 13.2. The first kappa shape index (κ1) is 16.1. The van der Waals surface area contributed by atoms with Gasteiger partial charge >= 0.3 is 0 Å². The van der Waals surface area contributed by atoms with Crippen molar-refractivity contribution in [3.63, 3.8) is 0 Å². The minimum absolute atomic E-state index is 0. The average Bonchev–Trinajstić information content (AvgIpc) is 2.87. The second kappa shape index (κ2) is 6.97. The van der Waals surface area contributed by atoms with Crippen LogP contribution < -0.4 is 11.1 Å². The van der Waals surface area contributed by atoms with E-state index in [-0.39, 0.29) is 30.3 Å². The molecule has 7 nitrogen and oxygen atoms in total. The van der Waals surface area contributed by atoms with Gasteiger partial charge in [-0.25, -0.2) is 14.6 Å². The molecule has 0 fully saturated rings. The highest BCUT2D eigenvalue weighted by atomic mass is 35.5. The molecule has 2 aromatic rings. The quantitative estimate of drug-likeness (QED) is 0.877. The van der Waals surface area contributed by atoms with E-state index in [9.17, 15) is 4.79 Å². The SMILES string of the molecule is CC(N)C(C)C(=O)Nc1cnn(-c2ncccn2)c1.Cl. The monoisotopic (exact) mass is 296 g/mol. The van der Waals surface area contributed by atoms with Crippen LogP contribution in [0, 0.1) is 5.92 Å². The second-order valence-corrected chi connectivity index (χ2v) is 4.36. The Balaban J connectivity index is 0.00000200. The number of aromatic nitrogens is 4. The molecule has 2 atom stereocenters. The first-order valence-electron chi connectivity index (χ1n) is 5.96. The Labute approximate surface area is 123 Å². The molecule has 108 valence electrons. The predicted octanol–water partition coefficient (Wildman–Crippen LogP) is 1.01. The molecule has 3 N–H and O–H groups in total. The Morgan fingerprint density at radius 3 is 2.60 bits per heavy atom. The van der Waals surface area contributed by atoms with Gasteiger partial charge in [-0.15, -0.1) is 12.4 Å². The Morgan fingerprint density at radius 1 is 1.35 bits per heavy atom. The van der Waals surface area contributed by atoms with Crippen molar-refractivity contribution in [3.05, 3.63) is 30.9 Å². The fraction of sp³-hybridized carbons (Fsp3) is 0.333. The van der Waals surface area contributed by atoms with Crippen molar-refractivity contribution < 1.29 is 4.79 Å². The van der Waals surface area contributed by atoms with Crippen LogP contribution in [0.1, 0.15) is 13.8 Å². The van der Waals surface area contributed by atoms with E-state index in [0.29, 0.717) is 11.6 Å². The molecule has 2 aromatic heterocycles. The maximum atomic E-state index is 11.8. The Kier molecular flexibility index (Phi) is 5.60. The standard InChI is InChI=1S/C12H16N6O.ClH/c1-8(9(2)13)11(19)17-10-6-16-18(7-10)12-14-4-3-5-15-12;/h3-9H,13H2,1-2H3,(H,17,19);1H. The number of nitrogens with zero attached hydrogens (tertiary/aromatic N) is 4. The summed E-state index contributed by atoms with van der Waals surface area (Å²) < 4.78 is 1.49. The van der Waals surface area contributed by atoms with Gasteiger partial charge in [0.15, 0.2) is 0 Å². The largest absolute Gasteiger partial charge is 0.327 e. The fourth-order valence-electron chi connectivity index (χ4n) is 1.40. The van der Waals surface area contributed by atoms with Crippen LogP contribution >= 0.6 is 12.4 Å². The minimum Gasteiger partial charge on any atom is -0.327 e. The maximum absolute atomic E-state index is 11.8. The molecule has 0 saturated carbocycles. The minimum atomic E-state index is -0.267. The third-order valence-corrected chi connectivity index (χ3v) is 2.81. The number of amides is 1. The molecular formula is C12H17ClN6O. The van der Waals surface area contributed by atoms with Crippen molar-refractivity contribution in [3.8, 4) is 5.95 Å². The lowest BCUT2D eigenvalue weighted by atomic mass is 10.0. The summed E-state index contributed by atoms with van der Waals surface area (Å²) in [4.78, 5) is 20.0. The molecule has 0 aliphatic heterocycles. The predicted molar refractivity (Wildman–Crippen MR) is 77.8 cm³/mol. The van der Waals surface area contributed by atoms with Gasteiger partial charge in [0.05, 0.1) is 24.0 Å². The molecule has 8 heteroatoms. The molecular weight excluding hydrogens is 280 g/mol. The van der Waals surface area contributed by atoms with E-state index in [1.165, 1.54) is 4.68 Å². The lowest BCUT2D eigenvalue weighted by molar-refractivity contribution is -0.119. The third-order valence-electron chi connectivity index (χ3n) is 2.81. The van der Waals surface area contributed by atoms with Crippen LogP contribution in [0.25, 0.3) is 5.95 Å². The van der Waals surface area contributed by atoms with E-state index in [0.717, 1.165) is 0 Å². The molecule has 2 rings (SSSR count). The zero-order valence-electron chi connectivity index (χ0n) is 11.2. The Morgan fingerprint density at radius 2 is 2.00 bits per heavy atom. The summed E-state index contributed by atoms with van der Waals surface area (Å²) in [5.74, 6) is 0.0445. The molecule has 0 aliphatic rings. The fourth-order valence-corrected chi connectivity index (χ4v) is 1.40. The summed E-state index contributed by atoms with van der Waals surface area (Å²) in [6, 6.07) is 1.52. The van der Waals surface area contributed by atoms with Gasteiger partial charge in [-0.3, -0.25) is 4.79 Å². The molecule has 0 aromatic carbocycles. The van der Waals surface area contributed by atoms with Crippen LogP contribution in [-0.4, -0.2) is 31.7 Å². The number of nitrogens with one attached hydrogen (secondary N) is 1. The summed E-state index contributed by atoms with van der Waals surface area (Å²) >= 11 is 0. The summed E-state index contributed by atoms with van der Waals surface area (Å²) in [7, 11) is 0. The smallest absolute Gasteiger partial charge is 0.250 e. The molecule has 1 amide bonds. The summed E-state index contributed by atoms with van der Waals surface area (Å²) in [6.45, 7) is 3.58. The highest BCUT2D eigenvalue weighted by Gasteiger charge is 2.17. The van der Waals surface area contributed by atoms with Crippen LogP contribution in [-0.2, 0) is 4.79 Å². The van der Waals surface area contributed by atoms with E-state index in [1.807, 2.05) is 0 Å². The van der Waals surface area contributed by atoms with Crippen LogP contribution in [0.4, 0.5) is 5.69 Å². The van der Waals surface area contributed by atoms with Gasteiger partial charge < -0.3 is 11.1 Å². The Bertz CT molecular complexity index is 556. The molecule has 0 radical (unpaired) electrons. The number of carbonyl (C=O) groups is 1. The second-order valence-electron chi connectivity index (χ2n) is 4.36. The summed E-state index contributed by atoms with van der Waals surface area (Å²) in [5, 5.41) is 6.84. The maximum Gasteiger partial charge on any atom is 0.250 e. The molecule has 2 heterocycles. The average molecular weight is 297 g/mol. The summed E-state index contributed by atoms with van der Waals surface area (Å²) in [6.07, 6.45) is 6.45. The molecule has 20 heavy (non-hydrogen) atoms. The molecule has 0 saturated heterocycles. The number of hydrogen-bond acceptors (Lipinski definition) is 5. The van der Waals surface area contributed by atoms with Gasteiger partial charge in [0, 0.05) is 18.4 Å². The van der Waals surface area contributed by atoms with Crippen molar-refractivity contribution in [2.75, 3.05) is 5.32 Å². The third kappa shape index (κ3) is 3.75. The Hall–Kier alpha value is -1.99. The highest BCUT2D eigenvalue weighted by molar-refractivity contribution is 5.92. The molecule has 2 unspecified atom stereocenters. The van der Waals surface area contributed by atoms with E-state index in [4.69, 9.17) is 5.73 Å². The van der Waals surface area contributed by atoms with E-state index in [2.05, 4.69) is 20.4 Å². The van der Waals surface area contributed by atoms with Gasteiger partial charge in [0.25, 0.3) is 0 Å². The van der Waals surface area contributed by atoms with Crippen LogP contribution in [0.2, 0.25) is 0 Å². The molecule has 0 spiro atoms. The van der Waals surface area contributed by atoms with Gasteiger partial charge in [-0.05, 0) is 13.0 Å². The number of anilines is 1. The highest BCUT2D eigenvalue weighted by Crippen LogP contribution is 2.10. The number of rotatable bonds is 4. The molecule has 0 bridgehead atoms. The number of nitrogens with two attached hydrogens (primary N) is 1. The zero-order valence-corrected chi connectivity index (χ0v) is 12.0. The lowest BCUT2D eigenvalue weighted by Gasteiger charge is -2.14. The van der Waals surface area contributed by atoms with Crippen molar-refractivity contribution in [2.24, 2.45) is 11.7 Å². The van der Waals surface area contributed by atoms with Crippen LogP contribution in [0.5, 0.6) is 0 Å². The zero-order chi connectivity index (χ0) is 13.8. The number of halogens is 1. The lowest BCUT2D eigenvalue weighted by Crippen LogP contribution is -2.34. The van der Waals surface area contributed by atoms with Gasteiger partial charge in [-0.1, -0.05) is 6.92 Å². The van der Waals surface area contributed by atoms with Crippen LogP contribution in [0.15, 0.2) is 30.9 Å². The van der Waals surface area contributed by atoms with E-state index >= 15 is 0 Å². The first-order chi connectivity index (χ1) is 9.08. The van der Waals surface area contributed by atoms with Crippen molar-refractivity contribution in [2.45, 2.75) is 19.9 Å². The van der Waals surface area contributed by atoms with E-state index in [1.54, 1.807) is 44.7 Å². The van der Waals surface area contributed by atoms with Crippen molar-refractivity contribution in [1.29, 1.82) is 0 Å². The summed E-state index contributed by atoms with van der Waals surface area (Å²) in [5.41, 5.74) is 6.27. The number of hydrogen-bond donors (Lipinski definition) is 2. The van der Waals surface area contributed by atoms with Crippen molar-refractivity contribution in [1.82, 2.24) is 19.7 Å². The molecule has 0 aliphatic carbocycles. The topological polar surface area (TPSA) is 98.7 Å². The van der Waals surface area contributed by atoms with Gasteiger partial charge in [0.2, 0.25) is 11.9 Å². The van der Waals surface area contributed by atoms with Gasteiger partial charge in [0.1, 0.15) is 0 Å². The van der Waals surface area contributed by atoms with E-state index < -0.39 is 0 Å². The van der Waals surface area contributed by atoms with Crippen LogP contribution in [0.3, 0.4) is 0 Å².